The van der Waals surface area contributed by atoms with Crippen molar-refractivity contribution in [2.75, 3.05) is 74.1 Å². The van der Waals surface area contributed by atoms with Crippen LogP contribution >= 0.6 is 0 Å². The Kier molecular flexibility index (Phi) is 5.88. The molecule has 148 valence electrons. The summed E-state index contributed by atoms with van der Waals surface area (Å²) in [4.78, 5) is 35.6. The molecule has 0 aliphatic carbocycles. The summed E-state index contributed by atoms with van der Waals surface area (Å²) in [5.41, 5.74) is 0. The van der Waals surface area contributed by atoms with Gasteiger partial charge in [0, 0.05) is 57.7 Å². The van der Waals surface area contributed by atoms with Gasteiger partial charge in [0.25, 0.3) is 0 Å². The molecule has 2 fully saturated rings. The van der Waals surface area contributed by atoms with Crippen molar-refractivity contribution in [3.63, 3.8) is 0 Å². The highest BCUT2D eigenvalue weighted by Gasteiger charge is 2.21. The van der Waals surface area contributed by atoms with Gasteiger partial charge in [0.05, 0.1) is 26.0 Å². The summed E-state index contributed by atoms with van der Waals surface area (Å²) in [7, 11) is 0. The standard InChI is InChI=1S/C18H24N8O2/c27-18(23-15-12-19-1-2-20-15)13-24-3-5-25(6-4-24)16-11-17(22-14-21-16)26-7-9-28-10-8-26/h1-2,11-12,14H,3-10,13H2,(H,20,23,27). The molecule has 2 saturated heterocycles. The molecule has 4 heterocycles. The fourth-order valence-electron chi connectivity index (χ4n) is 3.36. The molecule has 10 heteroatoms. The van der Waals surface area contributed by atoms with Crippen molar-refractivity contribution in [2.45, 2.75) is 0 Å². The van der Waals surface area contributed by atoms with E-state index in [9.17, 15) is 4.79 Å². The van der Waals surface area contributed by atoms with Gasteiger partial charge < -0.3 is 19.9 Å². The lowest BCUT2D eigenvalue weighted by Gasteiger charge is -2.35. The number of morpholine rings is 1. The van der Waals surface area contributed by atoms with Crippen molar-refractivity contribution < 1.29 is 9.53 Å². The van der Waals surface area contributed by atoms with Crippen LogP contribution in [0.3, 0.4) is 0 Å². The monoisotopic (exact) mass is 384 g/mol. The van der Waals surface area contributed by atoms with E-state index in [0.717, 1.165) is 64.1 Å². The van der Waals surface area contributed by atoms with Gasteiger partial charge in [0.2, 0.25) is 5.91 Å². The van der Waals surface area contributed by atoms with Crippen LogP contribution in [0.15, 0.2) is 31.0 Å². The Balaban J connectivity index is 1.28. The number of carbonyl (C=O) groups is 1. The molecule has 1 N–H and O–H groups in total. The number of aromatic nitrogens is 4. The molecule has 2 aromatic rings. The van der Waals surface area contributed by atoms with E-state index in [1.54, 1.807) is 18.7 Å². The molecule has 2 aliphatic heterocycles. The second-order valence-corrected chi connectivity index (χ2v) is 6.74. The van der Waals surface area contributed by atoms with Crippen LogP contribution in [-0.2, 0) is 9.53 Å². The number of piperazine rings is 1. The van der Waals surface area contributed by atoms with E-state index in [1.807, 2.05) is 6.07 Å². The molecule has 0 aromatic carbocycles. The quantitative estimate of drug-likeness (QED) is 0.755. The van der Waals surface area contributed by atoms with Crippen LogP contribution in [0, 0.1) is 0 Å². The average Bonchev–Trinajstić information content (AvgIpc) is 2.76. The Labute approximate surface area is 163 Å². The maximum absolute atomic E-state index is 12.2. The van der Waals surface area contributed by atoms with Crippen LogP contribution in [0.2, 0.25) is 0 Å². The molecule has 1 amide bonds. The number of amides is 1. The van der Waals surface area contributed by atoms with Crippen molar-refractivity contribution in [1.82, 2.24) is 24.8 Å². The predicted octanol–water partition coefficient (Wildman–Crippen LogP) is -0.136. The average molecular weight is 384 g/mol. The third-order valence-electron chi connectivity index (χ3n) is 4.87. The molecule has 0 atom stereocenters. The molecule has 10 nitrogen and oxygen atoms in total. The zero-order valence-electron chi connectivity index (χ0n) is 15.7. The molecule has 28 heavy (non-hydrogen) atoms. The summed E-state index contributed by atoms with van der Waals surface area (Å²) in [6, 6.07) is 2.04. The van der Waals surface area contributed by atoms with Gasteiger partial charge in [-0.1, -0.05) is 0 Å². The molecule has 0 saturated carbocycles. The Bertz CT molecular complexity index is 776. The van der Waals surface area contributed by atoms with Gasteiger partial charge in [-0.2, -0.15) is 0 Å². The minimum Gasteiger partial charge on any atom is -0.378 e. The molecular formula is C18H24N8O2. The maximum atomic E-state index is 12.2. The number of carbonyl (C=O) groups excluding carboxylic acids is 1. The zero-order valence-corrected chi connectivity index (χ0v) is 15.7. The summed E-state index contributed by atoms with van der Waals surface area (Å²) in [6.07, 6.45) is 6.30. The van der Waals surface area contributed by atoms with E-state index in [-0.39, 0.29) is 5.91 Å². The van der Waals surface area contributed by atoms with Crippen molar-refractivity contribution in [1.29, 1.82) is 0 Å². The molecule has 0 radical (unpaired) electrons. The van der Waals surface area contributed by atoms with Gasteiger partial charge in [-0.3, -0.25) is 14.7 Å². The van der Waals surface area contributed by atoms with Gasteiger partial charge in [-0.25, -0.2) is 15.0 Å². The van der Waals surface area contributed by atoms with Crippen molar-refractivity contribution in [3.8, 4) is 0 Å². The largest absolute Gasteiger partial charge is 0.378 e. The maximum Gasteiger partial charge on any atom is 0.239 e. The van der Waals surface area contributed by atoms with E-state index >= 15 is 0 Å². The number of ether oxygens (including phenoxy) is 1. The normalized spacial score (nSPS) is 18.1. The fraction of sp³-hybridized carbons (Fsp3) is 0.500. The van der Waals surface area contributed by atoms with Crippen molar-refractivity contribution in [2.24, 2.45) is 0 Å². The molecule has 0 bridgehead atoms. The molecule has 2 aromatic heterocycles. The third kappa shape index (κ3) is 4.70. The summed E-state index contributed by atoms with van der Waals surface area (Å²) >= 11 is 0. The van der Waals surface area contributed by atoms with Crippen molar-refractivity contribution >= 4 is 23.4 Å². The number of hydrogen-bond donors (Lipinski definition) is 1. The Morgan fingerprint density at radius 3 is 2.36 bits per heavy atom. The van der Waals surface area contributed by atoms with E-state index in [1.165, 1.54) is 6.20 Å². The highest BCUT2D eigenvalue weighted by atomic mass is 16.5. The summed E-state index contributed by atoms with van der Waals surface area (Å²) < 4.78 is 5.41. The molecule has 4 rings (SSSR count). The number of hydrogen-bond acceptors (Lipinski definition) is 9. The lowest BCUT2D eigenvalue weighted by atomic mass is 10.3. The fourth-order valence-corrected chi connectivity index (χ4v) is 3.36. The first-order chi connectivity index (χ1) is 13.8. The highest BCUT2D eigenvalue weighted by Crippen LogP contribution is 2.19. The lowest BCUT2D eigenvalue weighted by molar-refractivity contribution is -0.117. The van der Waals surface area contributed by atoms with E-state index in [4.69, 9.17) is 4.74 Å². The Morgan fingerprint density at radius 2 is 1.68 bits per heavy atom. The summed E-state index contributed by atoms with van der Waals surface area (Å²) in [5.74, 6) is 2.27. The van der Waals surface area contributed by atoms with Crippen molar-refractivity contribution in [3.05, 3.63) is 31.0 Å². The number of nitrogens with one attached hydrogen (secondary N) is 1. The topological polar surface area (TPSA) is 99.6 Å². The minimum atomic E-state index is -0.0782. The molecule has 0 spiro atoms. The first kappa shape index (κ1) is 18.5. The van der Waals surface area contributed by atoms with Crippen LogP contribution in [0.4, 0.5) is 17.5 Å². The summed E-state index contributed by atoms with van der Waals surface area (Å²) in [5, 5.41) is 2.77. The minimum absolute atomic E-state index is 0.0782. The van der Waals surface area contributed by atoms with Crippen LogP contribution < -0.4 is 15.1 Å². The number of rotatable bonds is 5. The zero-order chi connectivity index (χ0) is 19.2. The SMILES string of the molecule is O=C(CN1CCN(c2cc(N3CCOCC3)ncn2)CC1)Nc1cnccn1. The molecule has 2 aliphatic rings. The van der Waals surface area contributed by atoms with Gasteiger partial charge in [-0.05, 0) is 0 Å². The Hall–Kier alpha value is -2.85. The smallest absolute Gasteiger partial charge is 0.239 e. The van der Waals surface area contributed by atoms with E-state index in [2.05, 4.69) is 40.0 Å². The summed E-state index contributed by atoms with van der Waals surface area (Å²) in [6.45, 7) is 6.73. The lowest BCUT2D eigenvalue weighted by Crippen LogP contribution is -2.49. The predicted molar refractivity (Wildman–Crippen MR) is 104 cm³/mol. The second kappa shape index (κ2) is 8.89. The van der Waals surface area contributed by atoms with Gasteiger partial charge in [0.15, 0.2) is 5.82 Å². The second-order valence-electron chi connectivity index (χ2n) is 6.74. The van der Waals surface area contributed by atoms with Crippen LogP contribution in [0.1, 0.15) is 0 Å². The van der Waals surface area contributed by atoms with Gasteiger partial charge in [-0.15, -0.1) is 0 Å². The van der Waals surface area contributed by atoms with E-state index in [0.29, 0.717) is 12.4 Å². The van der Waals surface area contributed by atoms with Crippen LogP contribution in [0.5, 0.6) is 0 Å². The Morgan fingerprint density at radius 1 is 0.964 bits per heavy atom. The number of anilines is 3. The van der Waals surface area contributed by atoms with Crippen LogP contribution in [0.25, 0.3) is 0 Å². The van der Waals surface area contributed by atoms with Gasteiger partial charge in [0.1, 0.15) is 18.0 Å². The first-order valence-corrected chi connectivity index (χ1v) is 9.46. The van der Waals surface area contributed by atoms with Crippen LogP contribution in [-0.4, -0.2) is 89.8 Å². The third-order valence-corrected chi connectivity index (χ3v) is 4.87. The first-order valence-electron chi connectivity index (χ1n) is 9.46. The van der Waals surface area contributed by atoms with E-state index < -0.39 is 0 Å². The highest BCUT2D eigenvalue weighted by molar-refractivity contribution is 5.91. The molecule has 0 unspecified atom stereocenters. The number of nitrogens with zero attached hydrogens (tertiary/aromatic N) is 7. The van der Waals surface area contributed by atoms with Gasteiger partial charge >= 0.3 is 0 Å². The molecular weight excluding hydrogens is 360 g/mol.